The average Bonchev–Trinajstić information content (AvgIpc) is 3.27. The molecule has 0 radical (unpaired) electrons. The largest absolute Gasteiger partial charge is 0.348 e. The van der Waals surface area contributed by atoms with Crippen LogP contribution in [0.4, 0.5) is 19.1 Å². The first-order valence-electron chi connectivity index (χ1n) is 8.82. The van der Waals surface area contributed by atoms with Gasteiger partial charge in [0.2, 0.25) is 5.95 Å². The fourth-order valence-electron chi connectivity index (χ4n) is 3.45. The summed E-state index contributed by atoms with van der Waals surface area (Å²) in [7, 11) is 0. The maximum Gasteiger partial charge on any atom is 0.267 e. The smallest absolute Gasteiger partial charge is 0.267 e. The Kier molecular flexibility index (Phi) is 3.50. The molecule has 0 bridgehead atoms. The summed E-state index contributed by atoms with van der Waals surface area (Å²) >= 11 is 0. The number of anilines is 1. The molecule has 0 aliphatic heterocycles. The number of aromatic nitrogens is 4. The van der Waals surface area contributed by atoms with Crippen LogP contribution in [-0.4, -0.2) is 31.8 Å². The summed E-state index contributed by atoms with van der Waals surface area (Å²) < 4.78 is 43.5. The van der Waals surface area contributed by atoms with Gasteiger partial charge < -0.3 is 9.72 Å². The van der Waals surface area contributed by atoms with Crippen molar-refractivity contribution in [1.29, 1.82) is 0 Å². The van der Waals surface area contributed by atoms with Gasteiger partial charge in [-0.3, -0.25) is 0 Å². The van der Waals surface area contributed by atoms with E-state index >= 15 is 0 Å². The lowest BCUT2D eigenvalue weighted by molar-refractivity contribution is -0.00832. The van der Waals surface area contributed by atoms with Crippen molar-refractivity contribution in [3.63, 3.8) is 0 Å². The summed E-state index contributed by atoms with van der Waals surface area (Å²) in [5, 5.41) is 2.65. The number of pyridine rings is 1. The number of hydrogen-bond donors (Lipinski definition) is 1. The Labute approximate surface area is 154 Å². The number of fused-ring (bicyclic) bond motifs is 2. The third-order valence-corrected chi connectivity index (χ3v) is 5.07. The van der Waals surface area contributed by atoms with Crippen molar-refractivity contribution < 1.29 is 14.6 Å². The van der Waals surface area contributed by atoms with Crippen LogP contribution in [0.5, 0.6) is 0 Å². The molecule has 0 aromatic carbocycles. The van der Waals surface area contributed by atoms with Crippen LogP contribution in [0.2, 0.25) is 0 Å². The van der Waals surface area contributed by atoms with Gasteiger partial charge in [0.05, 0.1) is 12.2 Å². The van der Waals surface area contributed by atoms with E-state index in [2.05, 4.69) is 20.3 Å². The molecule has 1 fully saturated rings. The minimum atomic E-state index is -2.73. The molecule has 8 heteroatoms. The van der Waals surface area contributed by atoms with Crippen molar-refractivity contribution in [2.24, 2.45) is 5.92 Å². The molecule has 3 heterocycles. The van der Waals surface area contributed by atoms with Crippen molar-refractivity contribution >= 4 is 17.2 Å². The van der Waals surface area contributed by atoms with E-state index in [4.69, 9.17) is 0 Å². The predicted molar refractivity (Wildman–Crippen MR) is 96.2 cm³/mol. The quantitative estimate of drug-likeness (QED) is 0.736. The highest BCUT2D eigenvalue weighted by atomic mass is 19.3. The Hall–Kier alpha value is -2.90. The van der Waals surface area contributed by atoms with Gasteiger partial charge >= 0.3 is 0 Å². The van der Waals surface area contributed by atoms with E-state index in [0.29, 0.717) is 24.8 Å². The van der Waals surface area contributed by atoms with Crippen LogP contribution in [0.3, 0.4) is 0 Å². The maximum absolute atomic E-state index is 14.2. The van der Waals surface area contributed by atoms with Crippen molar-refractivity contribution in [3.8, 4) is 0 Å². The lowest BCUT2D eigenvalue weighted by Gasteiger charge is -2.16. The van der Waals surface area contributed by atoms with Crippen LogP contribution in [0.1, 0.15) is 31.1 Å². The van der Waals surface area contributed by atoms with Crippen molar-refractivity contribution in [2.75, 3.05) is 11.9 Å². The second-order valence-electron chi connectivity index (χ2n) is 7.00. The summed E-state index contributed by atoms with van der Waals surface area (Å²) in [4.78, 5) is 12.5. The first-order chi connectivity index (χ1) is 13.0. The van der Waals surface area contributed by atoms with Gasteiger partial charge in [0.15, 0.2) is 11.5 Å². The lowest BCUT2D eigenvalue weighted by Crippen LogP contribution is -2.30. The Morgan fingerprint density at radius 2 is 2.15 bits per heavy atom. The van der Waals surface area contributed by atoms with Crippen molar-refractivity contribution in [1.82, 2.24) is 19.4 Å². The molecule has 2 aliphatic carbocycles. The Balaban J connectivity index is 0.00000192. The van der Waals surface area contributed by atoms with E-state index in [1.54, 1.807) is 23.0 Å². The second-order valence-corrected chi connectivity index (χ2v) is 7.00. The third kappa shape index (κ3) is 2.85. The molecule has 0 spiro atoms. The normalized spacial score (nSPS) is 16.5. The molecule has 1 N–H and O–H groups in total. The molecule has 3 aromatic rings. The summed E-state index contributed by atoms with van der Waals surface area (Å²) in [6, 6.07) is 1.44. The standard InChI is InChI=1S/C19H16F3N5.H2/c20-15-7-11(9-27-6-5-23-17(15)27)13-3-4-16-14(13)8-24-18(26-16)25-10-19(21,22)12-1-2-12;/h3,5-9,12H,1-2,4,10H2,(H,24,25,26);1H. The van der Waals surface area contributed by atoms with Crippen LogP contribution < -0.4 is 5.32 Å². The summed E-state index contributed by atoms with van der Waals surface area (Å²) in [5.41, 5.74) is 3.32. The van der Waals surface area contributed by atoms with Crippen LogP contribution >= 0.6 is 0 Å². The highest BCUT2D eigenvalue weighted by molar-refractivity contribution is 5.84. The molecule has 2 aliphatic rings. The SMILES string of the molecule is Fc1cc(C2=CCc3nc(NCC(F)(F)C4CC4)ncc32)cn2ccnc12.[HH]. The molecule has 140 valence electrons. The van der Waals surface area contributed by atoms with E-state index in [1.807, 2.05) is 6.08 Å². The topological polar surface area (TPSA) is 55.1 Å². The average molecular weight is 373 g/mol. The summed E-state index contributed by atoms with van der Waals surface area (Å²) in [5.74, 6) is -3.47. The zero-order valence-electron chi connectivity index (χ0n) is 14.3. The fraction of sp³-hybridized carbons (Fsp3) is 0.316. The molecular formula is C19H18F3N5. The molecule has 5 rings (SSSR count). The molecule has 0 saturated heterocycles. The number of hydrogen-bond acceptors (Lipinski definition) is 4. The first-order valence-corrected chi connectivity index (χ1v) is 8.82. The zero-order valence-corrected chi connectivity index (χ0v) is 14.3. The van der Waals surface area contributed by atoms with Crippen LogP contribution in [0.25, 0.3) is 11.2 Å². The van der Waals surface area contributed by atoms with Gasteiger partial charge in [-0.05, 0) is 24.5 Å². The molecule has 0 atom stereocenters. The van der Waals surface area contributed by atoms with Gasteiger partial charge in [-0.1, -0.05) is 6.08 Å². The number of nitrogens with one attached hydrogen (secondary N) is 1. The second kappa shape index (κ2) is 5.80. The summed E-state index contributed by atoms with van der Waals surface area (Å²) in [6.45, 7) is -0.459. The van der Waals surface area contributed by atoms with Crippen LogP contribution in [-0.2, 0) is 6.42 Å². The molecule has 3 aromatic heterocycles. The molecular weight excluding hydrogens is 355 g/mol. The fourth-order valence-corrected chi connectivity index (χ4v) is 3.45. The molecule has 5 nitrogen and oxygen atoms in total. The number of alkyl halides is 2. The molecule has 0 amide bonds. The number of rotatable bonds is 5. The number of imidazole rings is 1. The number of nitrogens with zero attached hydrogens (tertiary/aromatic N) is 4. The number of allylic oxidation sites excluding steroid dienone is 1. The third-order valence-electron chi connectivity index (χ3n) is 5.07. The van der Waals surface area contributed by atoms with E-state index in [-0.39, 0.29) is 13.0 Å². The minimum Gasteiger partial charge on any atom is -0.348 e. The van der Waals surface area contributed by atoms with Crippen LogP contribution in [0, 0.1) is 11.7 Å². The van der Waals surface area contributed by atoms with Gasteiger partial charge in [0, 0.05) is 49.7 Å². The molecule has 27 heavy (non-hydrogen) atoms. The van der Waals surface area contributed by atoms with Crippen LogP contribution in [0.15, 0.2) is 36.9 Å². The van der Waals surface area contributed by atoms with Crippen molar-refractivity contribution in [3.05, 3.63) is 59.6 Å². The summed E-state index contributed by atoms with van der Waals surface area (Å²) in [6.07, 6.45) is 10.3. The predicted octanol–water partition coefficient (Wildman–Crippen LogP) is 3.95. The number of halogens is 3. The van der Waals surface area contributed by atoms with E-state index in [9.17, 15) is 13.2 Å². The lowest BCUT2D eigenvalue weighted by atomic mass is 10.0. The van der Waals surface area contributed by atoms with Gasteiger partial charge in [-0.15, -0.1) is 0 Å². The molecule has 0 unspecified atom stereocenters. The zero-order chi connectivity index (χ0) is 18.6. The van der Waals surface area contributed by atoms with E-state index in [1.165, 1.54) is 12.3 Å². The van der Waals surface area contributed by atoms with E-state index < -0.39 is 24.2 Å². The maximum atomic E-state index is 14.2. The van der Waals surface area contributed by atoms with E-state index in [0.717, 1.165) is 16.8 Å². The van der Waals surface area contributed by atoms with Gasteiger partial charge in [0.25, 0.3) is 5.92 Å². The Morgan fingerprint density at radius 3 is 2.96 bits per heavy atom. The highest BCUT2D eigenvalue weighted by Gasteiger charge is 2.46. The highest BCUT2D eigenvalue weighted by Crippen LogP contribution is 2.43. The first kappa shape index (κ1) is 16.3. The molecule has 1 saturated carbocycles. The van der Waals surface area contributed by atoms with Crippen molar-refractivity contribution in [2.45, 2.75) is 25.2 Å². The Bertz CT molecular complexity index is 1070. The van der Waals surface area contributed by atoms with Gasteiger partial charge in [-0.2, -0.15) is 0 Å². The van der Waals surface area contributed by atoms with Gasteiger partial charge in [0.1, 0.15) is 0 Å². The van der Waals surface area contributed by atoms with Gasteiger partial charge in [-0.25, -0.2) is 28.1 Å². The Morgan fingerprint density at radius 1 is 1.30 bits per heavy atom. The monoisotopic (exact) mass is 373 g/mol. The minimum absolute atomic E-state index is 0.